The number of halogens is 2. The largest absolute Gasteiger partial charge is 0.384 e. The maximum atomic E-state index is 6.08. The molecule has 0 aromatic carbocycles. The van der Waals surface area contributed by atoms with Gasteiger partial charge in [-0.15, -0.1) is 0 Å². The topological polar surface area (TPSA) is 77.8 Å². The van der Waals surface area contributed by atoms with Crippen molar-refractivity contribution in [2.24, 2.45) is 5.73 Å². The van der Waals surface area contributed by atoms with Crippen molar-refractivity contribution in [2.75, 3.05) is 5.73 Å². The van der Waals surface area contributed by atoms with Crippen molar-refractivity contribution in [2.45, 2.75) is 12.5 Å². The van der Waals surface area contributed by atoms with Crippen molar-refractivity contribution >= 4 is 29.0 Å². The smallest absolute Gasteiger partial charge is 0.123 e. The molecule has 1 unspecified atom stereocenters. The Bertz CT molecular complexity index is 560. The number of hydrogen-bond acceptors (Lipinski definition) is 4. The highest BCUT2D eigenvalue weighted by atomic mass is 35.5. The van der Waals surface area contributed by atoms with Crippen LogP contribution in [0, 0.1) is 0 Å². The number of nitrogens with zero attached hydrogens (tertiary/aromatic N) is 2. The van der Waals surface area contributed by atoms with Crippen LogP contribution < -0.4 is 11.5 Å². The molecule has 2 heterocycles. The van der Waals surface area contributed by atoms with Crippen molar-refractivity contribution in [1.82, 2.24) is 9.97 Å². The van der Waals surface area contributed by atoms with E-state index in [0.29, 0.717) is 28.0 Å². The van der Waals surface area contributed by atoms with E-state index >= 15 is 0 Å². The molecule has 0 aliphatic carbocycles. The Labute approximate surface area is 115 Å². The molecule has 4 N–H and O–H groups in total. The summed E-state index contributed by atoms with van der Waals surface area (Å²) in [6, 6.07) is 4.97. The molecule has 0 bridgehead atoms. The van der Waals surface area contributed by atoms with Crippen LogP contribution in [0.2, 0.25) is 10.0 Å². The van der Waals surface area contributed by atoms with Crippen molar-refractivity contribution in [3.05, 3.63) is 51.9 Å². The number of rotatable bonds is 3. The Hall–Kier alpha value is -1.36. The fourth-order valence-electron chi connectivity index (χ4n) is 1.67. The Kier molecular flexibility index (Phi) is 4.01. The number of hydrogen-bond donors (Lipinski definition) is 2. The lowest BCUT2D eigenvalue weighted by Gasteiger charge is -2.13. The Balaban J connectivity index is 2.19. The summed E-state index contributed by atoms with van der Waals surface area (Å²) in [4.78, 5) is 8.09. The van der Waals surface area contributed by atoms with Crippen LogP contribution in [0.4, 0.5) is 5.82 Å². The minimum Gasteiger partial charge on any atom is -0.384 e. The summed E-state index contributed by atoms with van der Waals surface area (Å²) < 4.78 is 0. The van der Waals surface area contributed by atoms with Gasteiger partial charge in [0.1, 0.15) is 5.82 Å². The normalized spacial score (nSPS) is 12.4. The minimum atomic E-state index is -0.309. The lowest BCUT2D eigenvalue weighted by molar-refractivity contribution is 0.696. The third-order valence-corrected chi connectivity index (χ3v) is 3.00. The van der Waals surface area contributed by atoms with Gasteiger partial charge in [-0.2, -0.15) is 0 Å². The molecule has 18 heavy (non-hydrogen) atoms. The molecule has 4 nitrogen and oxygen atoms in total. The van der Waals surface area contributed by atoms with Crippen molar-refractivity contribution < 1.29 is 0 Å². The van der Waals surface area contributed by atoms with Crippen LogP contribution in [0.1, 0.15) is 17.3 Å². The fraction of sp³-hybridized carbons (Fsp3) is 0.167. The molecule has 2 aromatic rings. The molecular weight excluding hydrogens is 271 g/mol. The first-order valence-corrected chi connectivity index (χ1v) is 6.09. The summed E-state index contributed by atoms with van der Waals surface area (Å²) in [6.07, 6.45) is 3.76. The van der Waals surface area contributed by atoms with Crippen LogP contribution in [-0.2, 0) is 6.42 Å². The third kappa shape index (κ3) is 3.10. The van der Waals surface area contributed by atoms with Crippen molar-refractivity contribution in [3.63, 3.8) is 0 Å². The second-order valence-electron chi connectivity index (χ2n) is 3.92. The molecule has 0 aliphatic rings. The van der Waals surface area contributed by atoms with Gasteiger partial charge in [-0.3, -0.25) is 4.98 Å². The zero-order valence-electron chi connectivity index (χ0n) is 9.48. The molecule has 0 fully saturated rings. The van der Waals surface area contributed by atoms with Crippen molar-refractivity contribution in [3.8, 4) is 0 Å². The predicted molar refractivity (Wildman–Crippen MR) is 73.5 cm³/mol. The number of nitrogen functional groups attached to an aromatic ring is 1. The summed E-state index contributed by atoms with van der Waals surface area (Å²) in [5.41, 5.74) is 13.3. The minimum absolute atomic E-state index is 0.309. The van der Waals surface area contributed by atoms with E-state index < -0.39 is 0 Å². The van der Waals surface area contributed by atoms with E-state index in [0.717, 1.165) is 5.56 Å². The Morgan fingerprint density at radius 1 is 1.22 bits per heavy atom. The van der Waals surface area contributed by atoms with Gasteiger partial charge in [0.15, 0.2) is 0 Å². The average molecular weight is 283 g/mol. The summed E-state index contributed by atoms with van der Waals surface area (Å²) in [5.74, 6) is 0.467. The lowest BCUT2D eigenvalue weighted by Crippen LogP contribution is -2.15. The van der Waals surface area contributed by atoms with E-state index in [1.54, 1.807) is 18.3 Å². The van der Waals surface area contributed by atoms with Gasteiger partial charge < -0.3 is 11.5 Å². The summed E-state index contributed by atoms with van der Waals surface area (Å²) >= 11 is 11.8. The highest BCUT2D eigenvalue weighted by Crippen LogP contribution is 2.24. The van der Waals surface area contributed by atoms with Crippen LogP contribution in [0.3, 0.4) is 0 Å². The first kappa shape index (κ1) is 13.1. The van der Waals surface area contributed by atoms with Crippen LogP contribution >= 0.6 is 23.2 Å². The summed E-state index contributed by atoms with van der Waals surface area (Å²) in [5, 5.41) is 0.959. The Morgan fingerprint density at radius 3 is 2.67 bits per heavy atom. The second-order valence-corrected chi connectivity index (χ2v) is 4.76. The van der Waals surface area contributed by atoms with Gasteiger partial charge in [0, 0.05) is 12.4 Å². The highest BCUT2D eigenvalue weighted by Gasteiger charge is 2.13. The fourth-order valence-corrected chi connectivity index (χ4v) is 2.19. The van der Waals surface area contributed by atoms with Gasteiger partial charge in [0.05, 0.1) is 21.8 Å². The van der Waals surface area contributed by atoms with E-state index in [4.69, 9.17) is 34.7 Å². The molecule has 0 saturated heterocycles. The van der Waals surface area contributed by atoms with Gasteiger partial charge in [-0.05, 0) is 30.2 Å². The maximum absolute atomic E-state index is 6.08. The van der Waals surface area contributed by atoms with E-state index in [-0.39, 0.29) is 6.04 Å². The number of aromatic nitrogens is 2. The van der Waals surface area contributed by atoms with Crippen LogP contribution in [0.25, 0.3) is 0 Å². The molecule has 2 rings (SSSR count). The standard InChI is InChI=1S/C12H12Cl2N4/c13-8-5-9(14)12(18-6-8)10(15)3-7-1-2-17-11(16)4-7/h1-2,4-6,10H,3,15H2,(H2,16,17). The zero-order valence-corrected chi connectivity index (χ0v) is 11.0. The number of pyridine rings is 2. The van der Waals surface area contributed by atoms with Gasteiger partial charge in [-0.25, -0.2) is 4.98 Å². The highest BCUT2D eigenvalue weighted by molar-refractivity contribution is 6.34. The van der Waals surface area contributed by atoms with E-state index in [1.807, 2.05) is 6.07 Å². The lowest BCUT2D eigenvalue weighted by atomic mass is 10.0. The molecule has 1 atom stereocenters. The first-order valence-electron chi connectivity index (χ1n) is 5.33. The van der Waals surface area contributed by atoms with E-state index in [9.17, 15) is 0 Å². The number of nitrogens with two attached hydrogens (primary N) is 2. The molecule has 2 aromatic heterocycles. The molecule has 0 radical (unpaired) electrons. The monoisotopic (exact) mass is 282 g/mol. The van der Waals surface area contributed by atoms with Gasteiger partial charge in [-0.1, -0.05) is 23.2 Å². The van der Waals surface area contributed by atoms with Gasteiger partial charge in [0.2, 0.25) is 0 Å². The summed E-state index contributed by atoms with van der Waals surface area (Å²) in [6.45, 7) is 0. The van der Waals surface area contributed by atoms with Crippen LogP contribution in [0.15, 0.2) is 30.6 Å². The number of anilines is 1. The van der Waals surface area contributed by atoms with Crippen LogP contribution in [-0.4, -0.2) is 9.97 Å². The molecule has 0 saturated carbocycles. The first-order chi connectivity index (χ1) is 8.56. The second kappa shape index (κ2) is 5.52. The maximum Gasteiger partial charge on any atom is 0.123 e. The van der Waals surface area contributed by atoms with Crippen LogP contribution in [0.5, 0.6) is 0 Å². The quantitative estimate of drug-likeness (QED) is 0.907. The average Bonchev–Trinajstić information content (AvgIpc) is 2.28. The molecule has 0 amide bonds. The van der Waals surface area contributed by atoms with E-state index in [1.165, 1.54) is 6.20 Å². The molecular formula is C12H12Cl2N4. The summed E-state index contributed by atoms with van der Waals surface area (Å²) in [7, 11) is 0. The molecule has 0 aliphatic heterocycles. The Morgan fingerprint density at radius 2 is 2.00 bits per heavy atom. The molecule has 0 spiro atoms. The predicted octanol–water partition coefficient (Wildman–Crippen LogP) is 2.61. The zero-order chi connectivity index (χ0) is 13.1. The molecule has 94 valence electrons. The third-order valence-electron chi connectivity index (χ3n) is 2.49. The van der Waals surface area contributed by atoms with E-state index in [2.05, 4.69) is 9.97 Å². The van der Waals surface area contributed by atoms with Crippen molar-refractivity contribution in [1.29, 1.82) is 0 Å². The van der Waals surface area contributed by atoms with Gasteiger partial charge in [0.25, 0.3) is 0 Å². The van der Waals surface area contributed by atoms with Gasteiger partial charge >= 0.3 is 0 Å². The molecule has 6 heteroatoms. The SMILES string of the molecule is Nc1cc(CC(N)c2ncc(Cl)cc2Cl)ccn1.